The molecule has 1 aromatic heterocycles. The average molecular weight is 252 g/mol. The number of pyridine rings is 1. The summed E-state index contributed by atoms with van der Waals surface area (Å²) < 4.78 is 1.59. The molecule has 18 heavy (non-hydrogen) atoms. The maximum Gasteiger partial charge on any atom is 0.317 e. The molecule has 100 valence electrons. The van der Waals surface area contributed by atoms with Crippen molar-refractivity contribution >= 4 is 5.97 Å². The molecule has 0 aromatic carbocycles. The summed E-state index contributed by atoms with van der Waals surface area (Å²) in [5.41, 5.74) is -0.0580. The van der Waals surface area contributed by atoms with Gasteiger partial charge in [-0.05, 0) is 12.0 Å². The first-order valence-corrected chi connectivity index (χ1v) is 6.08. The molecular weight excluding hydrogens is 232 g/mol. The van der Waals surface area contributed by atoms with Gasteiger partial charge in [-0.1, -0.05) is 19.9 Å². The van der Waals surface area contributed by atoms with E-state index in [-0.39, 0.29) is 12.1 Å². The third kappa shape index (κ3) is 5.14. The Bertz CT molecular complexity index is 440. The summed E-state index contributed by atoms with van der Waals surface area (Å²) >= 11 is 0. The second-order valence-electron chi connectivity index (χ2n) is 4.75. The fourth-order valence-corrected chi connectivity index (χ4v) is 1.84. The number of aliphatic carboxylic acids is 1. The first-order valence-electron chi connectivity index (χ1n) is 6.08. The van der Waals surface area contributed by atoms with E-state index in [9.17, 15) is 9.59 Å². The minimum Gasteiger partial charge on any atom is -0.480 e. The Morgan fingerprint density at radius 2 is 2.17 bits per heavy atom. The highest BCUT2D eigenvalue weighted by Gasteiger charge is 2.11. The SMILES string of the molecule is CC(C)CN(CCn1ccccc1=O)CC(=O)O. The van der Waals surface area contributed by atoms with E-state index in [0.29, 0.717) is 25.6 Å². The molecule has 5 nitrogen and oxygen atoms in total. The molecule has 0 unspecified atom stereocenters. The molecule has 1 rings (SSSR count). The fraction of sp³-hybridized carbons (Fsp3) is 0.538. The van der Waals surface area contributed by atoms with Crippen molar-refractivity contribution in [1.29, 1.82) is 0 Å². The van der Waals surface area contributed by atoms with E-state index in [4.69, 9.17) is 5.11 Å². The highest BCUT2D eigenvalue weighted by atomic mass is 16.4. The van der Waals surface area contributed by atoms with Gasteiger partial charge in [-0.15, -0.1) is 0 Å². The average Bonchev–Trinajstić information content (AvgIpc) is 2.26. The van der Waals surface area contributed by atoms with Crippen molar-refractivity contribution in [2.75, 3.05) is 19.6 Å². The van der Waals surface area contributed by atoms with Gasteiger partial charge in [-0.2, -0.15) is 0 Å². The van der Waals surface area contributed by atoms with Gasteiger partial charge < -0.3 is 9.67 Å². The predicted molar refractivity (Wildman–Crippen MR) is 69.6 cm³/mol. The fourth-order valence-electron chi connectivity index (χ4n) is 1.84. The van der Waals surface area contributed by atoms with Crippen LogP contribution in [0.25, 0.3) is 0 Å². The molecule has 0 radical (unpaired) electrons. The van der Waals surface area contributed by atoms with E-state index in [1.54, 1.807) is 22.9 Å². The van der Waals surface area contributed by atoms with E-state index >= 15 is 0 Å². The Morgan fingerprint density at radius 1 is 1.44 bits per heavy atom. The molecule has 5 heteroatoms. The predicted octanol–water partition coefficient (Wildman–Crippen LogP) is 0.891. The van der Waals surface area contributed by atoms with Gasteiger partial charge >= 0.3 is 5.97 Å². The van der Waals surface area contributed by atoms with E-state index in [2.05, 4.69) is 0 Å². The monoisotopic (exact) mass is 252 g/mol. The number of carbonyl (C=O) groups is 1. The van der Waals surface area contributed by atoms with Crippen molar-refractivity contribution < 1.29 is 9.90 Å². The minimum absolute atomic E-state index is 0.0137. The van der Waals surface area contributed by atoms with E-state index in [1.165, 1.54) is 6.07 Å². The molecule has 0 amide bonds. The van der Waals surface area contributed by atoms with Crippen LogP contribution in [0.3, 0.4) is 0 Å². The Balaban J connectivity index is 2.58. The van der Waals surface area contributed by atoms with E-state index < -0.39 is 5.97 Å². The van der Waals surface area contributed by atoms with E-state index in [1.807, 2.05) is 18.7 Å². The summed E-state index contributed by atoms with van der Waals surface area (Å²) in [6.07, 6.45) is 1.72. The molecule has 0 fully saturated rings. The zero-order valence-corrected chi connectivity index (χ0v) is 10.9. The van der Waals surface area contributed by atoms with Gasteiger partial charge in [0.1, 0.15) is 0 Å². The summed E-state index contributed by atoms with van der Waals surface area (Å²) in [5.74, 6) is -0.437. The topological polar surface area (TPSA) is 62.5 Å². The van der Waals surface area contributed by atoms with Gasteiger partial charge in [0.15, 0.2) is 0 Å². The quantitative estimate of drug-likeness (QED) is 0.783. The highest BCUT2D eigenvalue weighted by molar-refractivity contribution is 5.69. The normalized spacial score (nSPS) is 11.1. The lowest BCUT2D eigenvalue weighted by molar-refractivity contribution is -0.138. The van der Waals surface area contributed by atoms with Gasteiger partial charge in [-0.3, -0.25) is 14.5 Å². The Hall–Kier alpha value is -1.62. The lowest BCUT2D eigenvalue weighted by Crippen LogP contribution is -2.36. The molecule has 0 atom stereocenters. The lowest BCUT2D eigenvalue weighted by Gasteiger charge is -2.22. The number of rotatable bonds is 7. The zero-order chi connectivity index (χ0) is 13.5. The van der Waals surface area contributed by atoms with Crippen molar-refractivity contribution in [3.63, 3.8) is 0 Å². The molecule has 0 aliphatic carbocycles. The number of nitrogens with zero attached hydrogens (tertiary/aromatic N) is 2. The Labute approximate surface area is 107 Å². The molecule has 1 N–H and O–H groups in total. The molecule has 0 bridgehead atoms. The van der Waals surface area contributed by atoms with Crippen LogP contribution in [0, 0.1) is 5.92 Å². The molecule has 0 saturated heterocycles. The van der Waals surface area contributed by atoms with Gasteiger partial charge in [0.25, 0.3) is 5.56 Å². The third-order valence-electron chi connectivity index (χ3n) is 2.54. The van der Waals surface area contributed by atoms with Crippen molar-refractivity contribution in [2.24, 2.45) is 5.92 Å². The summed E-state index contributed by atoms with van der Waals surface area (Å²) in [4.78, 5) is 24.1. The van der Waals surface area contributed by atoms with Crippen LogP contribution in [0.5, 0.6) is 0 Å². The number of carboxylic acid groups (broad SMARTS) is 1. The van der Waals surface area contributed by atoms with Crippen LogP contribution in [-0.2, 0) is 11.3 Å². The number of hydrogen-bond acceptors (Lipinski definition) is 3. The largest absolute Gasteiger partial charge is 0.480 e. The van der Waals surface area contributed by atoms with Gasteiger partial charge in [-0.25, -0.2) is 0 Å². The molecule has 0 aliphatic heterocycles. The summed E-state index contributed by atoms with van der Waals surface area (Å²) in [6.45, 7) is 5.90. The highest BCUT2D eigenvalue weighted by Crippen LogP contribution is 1.99. The summed E-state index contributed by atoms with van der Waals surface area (Å²) in [5, 5.41) is 8.84. The van der Waals surface area contributed by atoms with Crippen molar-refractivity contribution in [3.05, 3.63) is 34.7 Å². The maximum absolute atomic E-state index is 11.5. The van der Waals surface area contributed by atoms with Crippen molar-refractivity contribution in [2.45, 2.75) is 20.4 Å². The number of carboxylic acids is 1. The van der Waals surface area contributed by atoms with Gasteiger partial charge in [0.2, 0.25) is 0 Å². The maximum atomic E-state index is 11.5. The lowest BCUT2D eigenvalue weighted by atomic mass is 10.2. The van der Waals surface area contributed by atoms with Crippen LogP contribution in [0.2, 0.25) is 0 Å². The van der Waals surface area contributed by atoms with Crippen molar-refractivity contribution in [1.82, 2.24) is 9.47 Å². The minimum atomic E-state index is -0.837. The standard InChI is InChI=1S/C13H20N2O3/c1-11(2)9-14(10-13(17)18)7-8-15-6-4-3-5-12(15)16/h3-6,11H,7-10H2,1-2H3,(H,17,18). The summed E-state index contributed by atoms with van der Waals surface area (Å²) in [6, 6.07) is 5.00. The van der Waals surface area contributed by atoms with Crippen LogP contribution in [-0.4, -0.2) is 40.2 Å². The second kappa shape index (κ2) is 6.96. The second-order valence-corrected chi connectivity index (χ2v) is 4.75. The molecule has 1 aromatic rings. The molecule has 1 heterocycles. The Morgan fingerprint density at radius 3 is 2.72 bits per heavy atom. The van der Waals surface area contributed by atoms with Crippen LogP contribution >= 0.6 is 0 Å². The summed E-state index contributed by atoms with van der Waals surface area (Å²) in [7, 11) is 0. The van der Waals surface area contributed by atoms with Crippen LogP contribution in [0.4, 0.5) is 0 Å². The van der Waals surface area contributed by atoms with Crippen LogP contribution in [0.15, 0.2) is 29.2 Å². The number of hydrogen-bond donors (Lipinski definition) is 1. The first-order chi connectivity index (χ1) is 8.49. The zero-order valence-electron chi connectivity index (χ0n) is 10.9. The molecule has 0 spiro atoms. The molecule has 0 saturated carbocycles. The molecular formula is C13H20N2O3. The van der Waals surface area contributed by atoms with Crippen molar-refractivity contribution in [3.8, 4) is 0 Å². The van der Waals surface area contributed by atoms with Crippen LogP contribution < -0.4 is 5.56 Å². The first kappa shape index (κ1) is 14.4. The van der Waals surface area contributed by atoms with Gasteiger partial charge in [0.05, 0.1) is 6.54 Å². The van der Waals surface area contributed by atoms with Crippen LogP contribution in [0.1, 0.15) is 13.8 Å². The third-order valence-corrected chi connectivity index (χ3v) is 2.54. The smallest absolute Gasteiger partial charge is 0.317 e. The molecule has 0 aliphatic rings. The van der Waals surface area contributed by atoms with Gasteiger partial charge in [0, 0.05) is 31.9 Å². The Kier molecular flexibility index (Phi) is 5.58. The number of aromatic nitrogens is 1. The van der Waals surface area contributed by atoms with E-state index in [0.717, 1.165) is 0 Å².